The van der Waals surface area contributed by atoms with E-state index in [9.17, 15) is 33.6 Å². The van der Waals surface area contributed by atoms with Crippen LogP contribution in [0.5, 0.6) is 5.75 Å². The van der Waals surface area contributed by atoms with Crippen LogP contribution in [0, 0.1) is 0 Å². The summed E-state index contributed by atoms with van der Waals surface area (Å²) in [5.74, 6) is -1.82. The highest BCUT2D eigenvalue weighted by Gasteiger charge is 2.55. The molecule has 1 aliphatic heterocycles. The molecule has 0 bridgehead atoms. The maximum absolute atomic E-state index is 12.3. The predicted octanol–water partition coefficient (Wildman–Crippen LogP) is 2.14. The Kier molecular flexibility index (Phi) is 7.90. The highest BCUT2D eigenvalue weighted by atomic mass is 35.5. The number of alkyl halides is 3. The molecule has 1 aliphatic rings. The van der Waals surface area contributed by atoms with Gasteiger partial charge in [-0.2, -0.15) is 13.2 Å². The van der Waals surface area contributed by atoms with Gasteiger partial charge in [0.05, 0.1) is 6.61 Å². The van der Waals surface area contributed by atoms with E-state index in [0.29, 0.717) is 16.1 Å². The van der Waals surface area contributed by atoms with Crippen molar-refractivity contribution in [3.05, 3.63) is 64.2 Å². The number of rotatable bonds is 7. The first-order valence-electron chi connectivity index (χ1n) is 9.96. The van der Waals surface area contributed by atoms with Crippen LogP contribution in [0.15, 0.2) is 42.5 Å². The van der Waals surface area contributed by atoms with E-state index in [2.05, 4.69) is 0 Å². The number of hydrogen-bond donors (Lipinski definition) is 4. The fourth-order valence-electron chi connectivity index (χ4n) is 3.68. The Balaban J connectivity index is 1.86. The average molecular weight is 493 g/mol. The normalized spacial score (nSPS) is 28.0. The minimum absolute atomic E-state index is 0.0653. The zero-order valence-electron chi connectivity index (χ0n) is 17.5. The third-order valence-corrected chi connectivity index (χ3v) is 5.79. The van der Waals surface area contributed by atoms with Gasteiger partial charge in [-0.3, -0.25) is 0 Å². The van der Waals surface area contributed by atoms with E-state index in [-0.39, 0.29) is 17.7 Å². The van der Waals surface area contributed by atoms with Crippen molar-refractivity contribution in [2.75, 3.05) is 20.3 Å². The average Bonchev–Trinajstić information content (AvgIpc) is 2.79. The maximum Gasteiger partial charge on any atom is 0.422 e. The first kappa shape index (κ1) is 25.7. The minimum atomic E-state index is -4.44. The lowest BCUT2D eigenvalue weighted by molar-refractivity contribution is -0.366. The van der Waals surface area contributed by atoms with Crippen molar-refractivity contribution in [1.29, 1.82) is 0 Å². The number of aliphatic hydroxyl groups is 4. The third kappa shape index (κ3) is 5.60. The molecule has 0 radical (unpaired) electrons. The zero-order valence-corrected chi connectivity index (χ0v) is 18.3. The van der Waals surface area contributed by atoms with Crippen LogP contribution in [0.3, 0.4) is 0 Å². The standard InChI is InChI=1S/C22H24ClF3O7/c1-31-22(20(30)19(29)18(28)17(10-27)33-22)14-4-7-16(23)13(9-14)8-12-2-5-15(6-3-12)32-11-21(24,25)26/h2-7,9,17-20,27-30H,8,10-11H2,1H3. The van der Waals surface area contributed by atoms with Crippen molar-refractivity contribution >= 4 is 11.6 Å². The molecule has 182 valence electrons. The second-order valence-corrected chi connectivity index (χ2v) is 8.07. The van der Waals surface area contributed by atoms with Gasteiger partial charge in [-0.1, -0.05) is 29.8 Å². The summed E-state index contributed by atoms with van der Waals surface area (Å²) in [4.78, 5) is 0. The molecule has 33 heavy (non-hydrogen) atoms. The maximum atomic E-state index is 12.3. The number of aliphatic hydroxyl groups excluding tert-OH is 4. The van der Waals surface area contributed by atoms with Crippen LogP contribution < -0.4 is 4.74 Å². The number of benzene rings is 2. The SMILES string of the molecule is COC1(c2ccc(Cl)c(Cc3ccc(OCC(F)(F)F)cc3)c2)OC(CO)C(O)C(O)C1O. The van der Waals surface area contributed by atoms with Crippen molar-refractivity contribution in [1.82, 2.24) is 0 Å². The molecule has 0 aliphatic carbocycles. The molecular formula is C22H24ClF3O7. The van der Waals surface area contributed by atoms with Gasteiger partial charge in [0, 0.05) is 17.7 Å². The molecular weight excluding hydrogens is 469 g/mol. The molecule has 2 aromatic rings. The van der Waals surface area contributed by atoms with Gasteiger partial charge in [-0.15, -0.1) is 0 Å². The summed E-state index contributed by atoms with van der Waals surface area (Å²) in [6.45, 7) is -2.02. The van der Waals surface area contributed by atoms with E-state index in [1.165, 1.54) is 31.4 Å². The van der Waals surface area contributed by atoms with Crippen LogP contribution in [-0.2, 0) is 21.7 Å². The molecule has 1 fully saturated rings. The van der Waals surface area contributed by atoms with Crippen molar-refractivity contribution in [3.63, 3.8) is 0 Å². The Hall–Kier alpha value is -1.92. The van der Waals surface area contributed by atoms with Gasteiger partial charge in [0.1, 0.15) is 30.2 Å². The van der Waals surface area contributed by atoms with Crippen LogP contribution in [0.1, 0.15) is 16.7 Å². The zero-order chi connectivity index (χ0) is 24.4. The molecule has 0 aromatic heterocycles. The molecule has 0 saturated carbocycles. The summed E-state index contributed by atoms with van der Waals surface area (Å²) in [5, 5.41) is 40.8. The quantitative estimate of drug-likeness (QED) is 0.469. The van der Waals surface area contributed by atoms with Crippen LogP contribution in [0.25, 0.3) is 0 Å². The first-order valence-corrected chi connectivity index (χ1v) is 10.3. The lowest BCUT2D eigenvalue weighted by atomic mass is 9.87. The van der Waals surface area contributed by atoms with Crippen molar-refractivity contribution in [2.24, 2.45) is 0 Å². The van der Waals surface area contributed by atoms with E-state index < -0.39 is 49.6 Å². The smallest absolute Gasteiger partial charge is 0.422 e. The van der Waals surface area contributed by atoms with Gasteiger partial charge in [0.2, 0.25) is 5.79 Å². The van der Waals surface area contributed by atoms with Crippen molar-refractivity contribution < 1.29 is 47.8 Å². The largest absolute Gasteiger partial charge is 0.484 e. The molecule has 3 rings (SSSR count). The van der Waals surface area contributed by atoms with Crippen LogP contribution >= 0.6 is 11.6 Å². The second kappa shape index (κ2) is 10.1. The Morgan fingerprint density at radius 1 is 1.06 bits per heavy atom. The molecule has 11 heteroatoms. The summed E-state index contributed by atoms with van der Waals surface area (Å²) in [5.41, 5.74) is 1.58. The molecule has 5 unspecified atom stereocenters. The monoisotopic (exact) mass is 492 g/mol. The highest BCUT2D eigenvalue weighted by molar-refractivity contribution is 6.31. The van der Waals surface area contributed by atoms with Gasteiger partial charge >= 0.3 is 6.18 Å². The highest BCUT2D eigenvalue weighted by Crippen LogP contribution is 2.40. The minimum Gasteiger partial charge on any atom is -0.484 e. The van der Waals surface area contributed by atoms with Gasteiger partial charge in [0.25, 0.3) is 0 Å². The summed E-state index contributed by atoms with van der Waals surface area (Å²) in [6.07, 6.45) is -10.2. The lowest BCUT2D eigenvalue weighted by Crippen LogP contribution is -2.64. The van der Waals surface area contributed by atoms with Gasteiger partial charge in [0.15, 0.2) is 6.61 Å². The molecule has 0 amide bonds. The van der Waals surface area contributed by atoms with Crippen LogP contribution in [-0.4, -0.2) is 71.3 Å². The third-order valence-electron chi connectivity index (χ3n) is 5.42. The number of hydrogen-bond acceptors (Lipinski definition) is 7. The molecule has 1 heterocycles. The van der Waals surface area contributed by atoms with E-state index >= 15 is 0 Å². The van der Waals surface area contributed by atoms with Crippen molar-refractivity contribution in [3.8, 4) is 5.75 Å². The van der Waals surface area contributed by atoms with E-state index in [1.54, 1.807) is 18.2 Å². The Morgan fingerprint density at radius 2 is 1.73 bits per heavy atom. The van der Waals surface area contributed by atoms with E-state index in [4.69, 9.17) is 25.8 Å². The van der Waals surface area contributed by atoms with Crippen LogP contribution in [0.4, 0.5) is 13.2 Å². The fraction of sp³-hybridized carbons (Fsp3) is 0.455. The lowest BCUT2D eigenvalue weighted by Gasteiger charge is -2.47. The molecule has 1 saturated heterocycles. The van der Waals surface area contributed by atoms with E-state index in [0.717, 1.165) is 0 Å². The summed E-state index contributed by atoms with van der Waals surface area (Å²) < 4.78 is 52.7. The Morgan fingerprint density at radius 3 is 2.30 bits per heavy atom. The molecule has 5 atom stereocenters. The summed E-state index contributed by atoms with van der Waals surface area (Å²) >= 11 is 6.33. The van der Waals surface area contributed by atoms with Crippen molar-refractivity contribution in [2.45, 2.75) is 42.8 Å². The summed E-state index contributed by atoms with van der Waals surface area (Å²) in [7, 11) is 1.25. The van der Waals surface area contributed by atoms with Gasteiger partial charge in [-0.05, 0) is 41.8 Å². The van der Waals surface area contributed by atoms with E-state index in [1.807, 2.05) is 0 Å². The number of methoxy groups -OCH3 is 1. The first-order chi connectivity index (χ1) is 15.5. The topological polar surface area (TPSA) is 109 Å². The Bertz CT molecular complexity index is 939. The molecule has 7 nitrogen and oxygen atoms in total. The second-order valence-electron chi connectivity index (χ2n) is 7.67. The molecule has 2 aromatic carbocycles. The summed E-state index contributed by atoms with van der Waals surface area (Å²) in [6, 6.07) is 10.6. The predicted molar refractivity (Wildman–Crippen MR) is 111 cm³/mol. The fourth-order valence-corrected chi connectivity index (χ4v) is 3.87. The van der Waals surface area contributed by atoms with Crippen LogP contribution in [0.2, 0.25) is 5.02 Å². The molecule has 4 N–H and O–H groups in total. The number of ether oxygens (including phenoxy) is 3. The van der Waals surface area contributed by atoms with Gasteiger partial charge in [-0.25, -0.2) is 0 Å². The van der Waals surface area contributed by atoms with Gasteiger partial charge < -0.3 is 34.6 Å². The Labute approximate surface area is 192 Å². The molecule has 0 spiro atoms. The number of halogens is 4.